The topological polar surface area (TPSA) is 70.4 Å². The van der Waals surface area contributed by atoms with E-state index in [0.717, 1.165) is 30.5 Å². The fraction of sp³-hybridized carbons (Fsp3) is 0.412. The van der Waals surface area contributed by atoms with Crippen molar-refractivity contribution in [2.75, 3.05) is 18.6 Å². The van der Waals surface area contributed by atoms with Crippen molar-refractivity contribution in [2.24, 2.45) is 0 Å². The maximum atomic E-state index is 13.8. The smallest absolute Gasteiger partial charge is 0.322 e. The zero-order valence-electron chi connectivity index (χ0n) is 13.6. The first kappa shape index (κ1) is 16.4. The second-order valence-corrected chi connectivity index (χ2v) is 5.90. The van der Waals surface area contributed by atoms with Crippen LogP contribution in [0.4, 0.5) is 14.9 Å². The number of para-hydroxylation sites is 1. The number of halogens is 1. The second kappa shape index (κ2) is 7.00. The van der Waals surface area contributed by atoms with E-state index in [1.165, 1.54) is 11.0 Å². The number of carbonyl (C=O) groups is 1. The predicted molar refractivity (Wildman–Crippen MR) is 88.3 cm³/mol. The highest BCUT2D eigenvalue weighted by atomic mass is 19.1. The van der Waals surface area contributed by atoms with Crippen LogP contribution >= 0.6 is 0 Å². The Morgan fingerprint density at radius 2 is 2.29 bits per heavy atom. The summed E-state index contributed by atoms with van der Waals surface area (Å²) in [5.74, 6) is -0.435. The Balaban J connectivity index is 1.75. The van der Waals surface area contributed by atoms with Crippen molar-refractivity contribution in [1.29, 1.82) is 0 Å². The first-order valence-electron chi connectivity index (χ1n) is 8.06. The van der Waals surface area contributed by atoms with Crippen molar-refractivity contribution in [3.63, 3.8) is 0 Å². The number of hydrogen-bond donors (Lipinski definition) is 2. The van der Waals surface area contributed by atoms with Gasteiger partial charge in [0.15, 0.2) is 0 Å². The molecule has 3 rings (SSSR count). The summed E-state index contributed by atoms with van der Waals surface area (Å²) in [6.07, 6.45) is 4.37. The average molecular weight is 332 g/mol. The molecule has 1 aromatic carbocycles. The summed E-state index contributed by atoms with van der Waals surface area (Å²) >= 11 is 0. The third-order valence-corrected chi connectivity index (χ3v) is 4.39. The number of amides is 2. The van der Waals surface area contributed by atoms with E-state index >= 15 is 0 Å². The van der Waals surface area contributed by atoms with E-state index in [1.54, 1.807) is 36.1 Å². The SMILES string of the molecule is CN(C(=O)N[C@@H]1CCCc2c1cnn2CCO)c1ccccc1F. The Labute approximate surface area is 139 Å². The van der Waals surface area contributed by atoms with E-state index in [9.17, 15) is 9.18 Å². The van der Waals surface area contributed by atoms with Crippen LogP contribution in [0.15, 0.2) is 30.5 Å². The normalized spacial score (nSPS) is 16.5. The highest BCUT2D eigenvalue weighted by Gasteiger charge is 2.27. The number of aliphatic hydroxyl groups excluding tert-OH is 1. The fourth-order valence-electron chi connectivity index (χ4n) is 3.14. The van der Waals surface area contributed by atoms with E-state index in [2.05, 4.69) is 10.4 Å². The Morgan fingerprint density at radius 3 is 3.04 bits per heavy atom. The van der Waals surface area contributed by atoms with Gasteiger partial charge in [0.2, 0.25) is 0 Å². The molecule has 7 heteroatoms. The van der Waals surface area contributed by atoms with Crippen LogP contribution in [0, 0.1) is 5.82 Å². The number of anilines is 1. The molecule has 2 amide bonds. The molecule has 0 spiro atoms. The number of fused-ring (bicyclic) bond motifs is 1. The molecule has 0 saturated heterocycles. The number of benzene rings is 1. The Bertz CT molecular complexity index is 731. The summed E-state index contributed by atoms with van der Waals surface area (Å²) in [6.45, 7) is 0.478. The molecule has 0 unspecified atom stereocenters. The molecule has 128 valence electrons. The Morgan fingerprint density at radius 1 is 1.50 bits per heavy atom. The van der Waals surface area contributed by atoms with Gasteiger partial charge in [-0.1, -0.05) is 12.1 Å². The van der Waals surface area contributed by atoms with Crippen LogP contribution in [0.25, 0.3) is 0 Å². The first-order chi connectivity index (χ1) is 11.6. The molecule has 0 saturated carbocycles. The molecular formula is C17H21FN4O2. The van der Waals surface area contributed by atoms with E-state index in [1.807, 2.05) is 0 Å². The molecule has 1 aliphatic rings. The van der Waals surface area contributed by atoms with Crippen molar-refractivity contribution in [2.45, 2.75) is 31.8 Å². The number of urea groups is 1. The van der Waals surface area contributed by atoms with Crippen LogP contribution in [0.1, 0.15) is 30.1 Å². The molecule has 2 N–H and O–H groups in total. The van der Waals surface area contributed by atoms with Crippen molar-refractivity contribution in [3.05, 3.63) is 47.5 Å². The molecule has 1 aliphatic carbocycles. The lowest BCUT2D eigenvalue weighted by molar-refractivity contribution is 0.241. The second-order valence-electron chi connectivity index (χ2n) is 5.90. The lowest BCUT2D eigenvalue weighted by Gasteiger charge is -2.27. The predicted octanol–water partition coefficient (Wildman–Crippen LogP) is 2.24. The van der Waals surface area contributed by atoms with E-state index < -0.39 is 5.82 Å². The molecule has 1 heterocycles. The largest absolute Gasteiger partial charge is 0.394 e. The minimum Gasteiger partial charge on any atom is -0.394 e. The lowest BCUT2D eigenvalue weighted by atomic mass is 9.93. The molecule has 0 radical (unpaired) electrons. The molecule has 2 aromatic rings. The highest BCUT2D eigenvalue weighted by molar-refractivity contribution is 5.91. The minimum atomic E-state index is -0.435. The van der Waals surface area contributed by atoms with Gasteiger partial charge in [0.05, 0.1) is 31.1 Å². The zero-order chi connectivity index (χ0) is 17.1. The van der Waals surface area contributed by atoms with Crippen LogP contribution < -0.4 is 10.2 Å². The van der Waals surface area contributed by atoms with Crippen molar-refractivity contribution >= 4 is 11.7 Å². The van der Waals surface area contributed by atoms with Gasteiger partial charge in [0, 0.05) is 18.3 Å². The summed E-state index contributed by atoms with van der Waals surface area (Å²) in [5.41, 5.74) is 2.26. The van der Waals surface area contributed by atoms with Gasteiger partial charge >= 0.3 is 6.03 Å². The summed E-state index contributed by atoms with van der Waals surface area (Å²) in [5, 5.41) is 16.4. The standard InChI is InChI=1S/C17H21FN4O2/c1-21(16-7-3-2-5-13(16)18)17(24)20-14-6-4-8-15-12(14)11-19-22(15)9-10-23/h2-3,5,7,11,14,23H,4,6,8-10H2,1H3,(H,20,24)/t14-/m1/s1. The number of aromatic nitrogens is 2. The van der Waals surface area contributed by atoms with Gasteiger partial charge < -0.3 is 10.4 Å². The van der Waals surface area contributed by atoms with Gasteiger partial charge in [0.25, 0.3) is 0 Å². The quantitative estimate of drug-likeness (QED) is 0.902. The fourth-order valence-corrected chi connectivity index (χ4v) is 3.14. The highest BCUT2D eigenvalue weighted by Crippen LogP contribution is 2.30. The molecule has 6 nitrogen and oxygen atoms in total. The maximum Gasteiger partial charge on any atom is 0.322 e. The van der Waals surface area contributed by atoms with Crippen LogP contribution in [-0.2, 0) is 13.0 Å². The first-order valence-corrected chi connectivity index (χ1v) is 8.06. The summed E-state index contributed by atoms with van der Waals surface area (Å²) < 4.78 is 15.6. The van der Waals surface area contributed by atoms with E-state index in [0.29, 0.717) is 6.54 Å². The number of rotatable bonds is 4. The monoisotopic (exact) mass is 332 g/mol. The molecule has 24 heavy (non-hydrogen) atoms. The van der Waals surface area contributed by atoms with Gasteiger partial charge in [-0.05, 0) is 31.4 Å². The van der Waals surface area contributed by atoms with Crippen LogP contribution in [0.3, 0.4) is 0 Å². The maximum absolute atomic E-state index is 13.8. The number of nitrogens with zero attached hydrogens (tertiary/aromatic N) is 3. The molecule has 0 aliphatic heterocycles. The van der Waals surface area contributed by atoms with Crippen LogP contribution in [0.5, 0.6) is 0 Å². The number of nitrogens with one attached hydrogen (secondary N) is 1. The van der Waals surface area contributed by atoms with Crippen molar-refractivity contribution in [1.82, 2.24) is 15.1 Å². The van der Waals surface area contributed by atoms with Gasteiger partial charge in [-0.3, -0.25) is 9.58 Å². The molecular weight excluding hydrogens is 311 g/mol. The molecule has 1 aromatic heterocycles. The molecule has 0 bridgehead atoms. The summed E-state index contributed by atoms with van der Waals surface area (Å²) in [4.78, 5) is 13.8. The van der Waals surface area contributed by atoms with Gasteiger partial charge in [-0.15, -0.1) is 0 Å². The Hall–Kier alpha value is -2.41. The van der Waals surface area contributed by atoms with Gasteiger partial charge in [-0.2, -0.15) is 5.10 Å². The number of aliphatic hydroxyl groups is 1. The van der Waals surface area contributed by atoms with Crippen LogP contribution in [-0.4, -0.2) is 34.6 Å². The van der Waals surface area contributed by atoms with Crippen molar-refractivity contribution in [3.8, 4) is 0 Å². The summed E-state index contributed by atoms with van der Waals surface area (Å²) in [6, 6.07) is 5.68. The van der Waals surface area contributed by atoms with E-state index in [4.69, 9.17) is 5.11 Å². The minimum absolute atomic E-state index is 0.0289. The molecule has 1 atom stereocenters. The van der Waals surface area contributed by atoms with Gasteiger partial charge in [0.1, 0.15) is 5.82 Å². The third kappa shape index (κ3) is 3.12. The summed E-state index contributed by atoms with van der Waals surface area (Å²) in [7, 11) is 1.55. The lowest BCUT2D eigenvalue weighted by Crippen LogP contribution is -2.40. The zero-order valence-corrected chi connectivity index (χ0v) is 13.6. The van der Waals surface area contributed by atoms with Gasteiger partial charge in [-0.25, -0.2) is 9.18 Å². The van der Waals surface area contributed by atoms with Crippen molar-refractivity contribution < 1.29 is 14.3 Å². The molecule has 0 fully saturated rings. The van der Waals surface area contributed by atoms with Crippen LogP contribution in [0.2, 0.25) is 0 Å². The number of hydrogen-bond acceptors (Lipinski definition) is 3. The number of carbonyl (C=O) groups excluding carboxylic acids is 1. The average Bonchev–Trinajstić information content (AvgIpc) is 2.99. The Kier molecular flexibility index (Phi) is 4.80. The van der Waals surface area contributed by atoms with E-state index in [-0.39, 0.29) is 24.4 Å². The third-order valence-electron chi connectivity index (χ3n) is 4.39.